The summed E-state index contributed by atoms with van der Waals surface area (Å²) in [5.74, 6) is 0.270. The number of hydrogen-bond donors (Lipinski definition) is 1. The van der Waals surface area contributed by atoms with Gasteiger partial charge in [0.15, 0.2) is 0 Å². The van der Waals surface area contributed by atoms with Crippen molar-refractivity contribution < 1.29 is 13.2 Å². The second-order valence-electron chi connectivity index (χ2n) is 5.69. The van der Waals surface area contributed by atoms with Crippen molar-refractivity contribution in [3.63, 3.8) is 0 Å². The molecule has 0 radical (unpaired) electrons. The molecule has 20 heavy (non-hydrogen) atoms. The summed E-state index contributed by atoms with van der Waals surface area (Å²) in [6.07, 6.45) is 3.52. The molecule has 0 spiro atoms. The Morgan fingerprint density at radius 1 is 1.25 bits per heavy atom. The van der Waals surface area contributed by atoms with Crippen LogP contribution in [0.5, 0.6) is 0 Å². The summed E-state index contributed by atoms with van der Waals surface area (Å²) in [5, 5.41) is 3.31. The summed E-state index contributed by atoms with van der Waals surface area (Å²) < 4.78 is 31.6. The minimum atomic E-state index is -3.07. The van der Waals surface area contributed by atoms with Gasteiger partial charge in [-0.1, -0.05) is 13.8 Å². The Morgan fingerprint density at radius 3 is 2.45 bits per heavy atom. The minimum absolute atomic E-state index is 0.238. The summed E-state index contributed by atoms with van der Waals surface area (Å²) in [5.41, 5.74) is 0. The van der Waals surface area contributed by atoms with Crippen molar-refractivity contribution in [2.75, 3.05) is 32.0 Å². The van der Waals surface area contributed by atoms with E-state index in [9.17, 15) is 8.42 Å². The fourth-order valence-electron chi connectivity index (χ4n) is 2.44. The molecule has 5 nitrogen and oxygen atoms in total. The van der Waals surface area contributed by atoms with E-state index >= 15 is 0 Å². The fraction of sp³-hybridized carbons (Fsp3) is 1.00. The standard InChI is InChI=1S/C14H30N2O3S/c1-4-19-14-7-10-16(11-8-14)20(17,18)12-6-5-9-15-13(2)3/h13-15H,4-12H2,1-3H3. The van der Waals surface area contributed by atoms with Gasteiger partial charge in [0.05, 0.1) is 11.9 Å². The Balaban J connectivity index is 2.24. The van der Waals surface area contributed by atoms with Crippen LogP contribution in [0.3, 0.4) is 0 Å². The highest BCUT2D eigenvalue weighted by Crippen LogP contribution is 2.17. The van der Waals surface area contributed by atoms with Gasteiger partial charge in [-0.25, -0.2) is 12.7 Å². The van der Waals surface area contributed by atoms with Gasteiger partial charge in [-0.05, 0) is 39.2 Å². The lowest BCUT2D eigenvalue weighted by Crippen LogP contribution is -2.42. The van der Waals surface area contributed by atoms with Gasteiger partial charge in [0.2, 0.25) is 10.0 Å². The van der Waals surface area contributed by atoms with Crippen LogP contribution in [0.4, 0.5) is 0 Å². The third-order valence-electron chi connectivity index (χ3n) is 3.58. The molecule has 120 valence electrons. The Labute approximate surface area is 124 Å². The van der Waals surface area contributed by atoms with E-state index in [1.54, 1.807) is 4.31 Å². The Bertz CT molecular complexity index is 349. The van der Waals surface area contributed by atoms with Crippen molar-refractivity contribution in [1.29, 1.82) is 0 Å². The lowest BCUT2D eigenvalue weighted by molar-refractivity contribution is 0.0290. The first-order chi connectivity index (χ1) is 9.45. The predicted octanol–water partition coefficient (Wildman–Crippen LogP) is 1.60. The smallest absolute Gasteiger partial charge is 0.214 e. The van der Waals surface area contributed by atoms with E-state index in [2.05, 4.69) is 19.2 Å². The maximum atomic E-state index is 12.2. The molecular weight excluding hydrogens is 276 g/mol. The van der Waals surface area contributed by atoms with Crippen LogP contribution in [-0.4, -0.2) is 56.9 Å². The van der Waals surface area contributed by atoms with Gasteiger partial charge in [0, 0.05) is 25.7 Å². The van der Waals surface area contributed by atoms with E-state index in [1.165, 1.54) is 0 Å². The Morgan fingerprint density at radius 2 is 1.90 bits per heavy atom. The summed E-state index contributed by atoms with van der Waals surface area (Å²) in [7, 11) is -3.07. The van der Waals surface area contributed by atoms with Gasteiger partial charge in [-0.3, -0.25) is 0 Å². The van der Waals surface area contributed by atoms with Gasteiger partial charge in [-0.2, -0.15) is 0 Å². The molecule has 1 rings (SSSR count). The van der Waals surface area contributed by atoms with E-state index in [0.717, 1.165) is 32.2 Å². The summed E-state index contributed by atoms with van der Waals surface area (Å²) in [4.78, 5) is 0. The van der Waals surface area contributed by atoms with Crippen LogP contribution in [0.15, 0.2) is 0 Å². The zero-order chi connectivity index (χ0) is 15.0. The third kappa shape index (κ3) is 6.52. The summed E-state index contributed by atoms with van der Waals surface area (Å²) in [6.45, 7) is 8.99. The second kappa shape index (κ2) is 8.97. The van der Waals surface area contributed by atoms with Crippen LogP contribution >= 0.6 is 0 Å². The fourth-order valence-corrected chi connectivity index (χ4v) is 4.04. The molecule has 0 amide bonds. The Hall–Kier alpha value is -0.170. The van der Waals surface area contributed by atoms with E-state index in [1.807, 2.05) is 6.92 Å². The van der Waals surface area contributed by atoms with Crippen molar-refractivity contribution in [3.05, 3.63) is 0 Å². The van der Waals surface area contributed by atoms with E-state index in [-0.39, 0.29) is 11.9 Å². The number of piperidine rings is 1. The predicted molar refractivity (Wildman–Crippen MR) is 82.4 cm³/mol. The Kier molecular flexibility index (Phi) is 8.02. The van der Waals surface area contributed by atoms with Crippen molar-refractivity contribution in [3.8, 4) is 0 Å². The monoisotopic (exact) mass is 306 g/mol. The van der Waals surface area contributed by atoms with Gasteiger partial charge >= 0.3 is 0 Å². The largest absolute Gasteiger partial charge is 0.378 e. The van der Waals surface area contributed by atoms with Crippen LogP contribution in [-0.2, 0) is 14.8 Å². The van der Waals surface area contributed by atoms with Gasteiger partial charge in [0.1, 0.15) is 0 Å². The molecule has 1 aliphatic heterocycles. The highest BCUT2D eigenvalue weighted by molar-refractivity contribution is 7.89. The highest BCUT2D eigenvalue weighted by Gasteiger charge is 2.27. The van der Waals surface area contributed by atoms with Crippen LogP contribution in [0.1, 0.15) is 46.5 Å². The number of ether oxygens (including phenoxy) is 1. The molecule has 1 saturated heterocycles. The number of unbranched alkanes of at least 4 members (excludes halogenated alkanes) is 1. The van der Waals surface area contributed by atoms with Crippen LogP contribution in [0.25, 0.3) is 0 Å². The van der Waals surface area contributed by atoms with Gasteiger partial charge in [-0.15, -0.1) is 0 Å². The van der Waals surface area contributed by atoms with Gasteiger partial charge < -0.3 is 10.1 Å². The quantitative estimate of drug-likeness (QED) is 0.657. The first kappa shape index (κ1) is 17.9. The number of nitrogens with zero attached hydrogens (tertiary/aromatic N) is 1. The number of nitrogens with one attached hydrogen (secondary N) is 1. The van der Waals surface area contributed by atoms with Crippen molar-refractivity contribution in [2.24, 2.45) is 0 Å². The lowest BCUT2D eigenvalue weighted by Gasteiger charge is -2.31. The van der Waals surface area contributed by atoms with E-state index < -0.39 is 10.0 Å². The van der Waals surface area contributed by atoms with Crippen LogP contribution in [0.2, 0.25) is 0 Å². The lowest BCUT2D eigenvalue weighted by atomic mass is 10.1. The normalized spacial score (nSPS) is 18.8. The summed E-state index contributed by atoms with van der Waals surface area (Å²) >= 11 is 0. The molecule has 0 aromatic carbocycles. The van der Waals surface area contributed by atoms with Gasteiger partial charge in [0.25, 0.3) is 0 Å². The first-order valence-electron chi connectivity index (χ1n) is 7.78. The molecule has 0 atom stereocenters. The first-order valence-corrected chi connectivity index (χ1v) is 9.39. The molecule has 1 aliphatic rings. The second-order valence-corrected chi connectivity index (χ2v) is 7.77. The highest BCUT2D eigenvalue weighted by atomic mass is 32.2. The van der Waals surface area contributed by atoms with Crippen molar-refractivity contribution >= 4 is 10.0 Å². The molecule has 1 heterocycles. The molecule has 6 heteroatoms. The van der Waals surface area contributed by atoms with Crippen LogP contribution in [0, 0.1) is 0 Å². The molecule has 0 aliphatic carbocycles. The zero-order valence-corrected chi connectivity index (χ0v) is 13.9. The average molecular weight is 306 g/mol. The zero-order valence-electron chi connectivity index (χ0n) is 13.1. The molecule has 0 saturated carbocycles. The number of hydrogen-bond acceptors (Lipinski definition) is 4. The average Bonchev–Trinajstić information content (AvgIpc) is 2.39. The maximum Gasteiger partial charge on any atom is 0.214 e. The molecule has 0 unspecified atom stereocenters. The molecule has 1 fully saturated rings. The topological polar surface area (TPSA) is 58.6 Å². The van der Waals surface area contributed by atoms with E-state index in [4.69, 9.17) is 4.74 Å². The molecule has 0 aromatic heterocycles. The minimum Gasteiger partial charge on any atom is -0.378 e. The number of sulfonamides is 1. The van der Waals surface area contributed by atoms with Crippen LogP contribution < -0.4 is 5.32 Å². The summed E-state index contributed by atoms with van der Waals surface area (Å²) in [6, 6.07) is 0.462. The SMILES string of the molecule is CCOC1CCN(S(=O)(=O)CCCCNC(C)C)CC1. The van der Waals surface area contributed by atoms with Crippen molar-refractivity contribution in [2.45, 2.75) is 58.6 Å². The van der Waals surface area contributed by atoms with E-state index in [0.29, 0.717) is 25.7 Å². The van der Waals surface area contributed by atoms with Crippen molar-refractivity contribution in [1.82, 2.24) is 9.62 Å². The molecule has 0 bridgehead atoms. The third-order valence-corrected chi connectivity index (χ3v) is 5.53. The maximum absolute atomic E-state index is 12.2. The number of rotatable bonds is 9. The molecular formula is C14H30N2O3S. The molecule has 0 aromatic rings. The molecule has 1 N–H and O–H groups in total.